The number of amides is 1. The number of likely N-dealkylation sites (tertiary alicyclic amines) is 1. The van der Waals surface area contributed by atoms with Crippen molar-refractivity contribution in [2.24, 2.45) is 5.92 Å². The minimum atomic E-state index is -1.78. The first kappa shape index (κ1) is 22.9. The van der Waals surface area contributed by atoms with Gasteiger partial charge in [-0.2, -0.15) is 0 Å². The van der Waals surface area contributed by atoms with Crippen LogP contribution in [0.15, 0.2) is 79.0 Å². The monoisotopic (exact) mass is 448 g/mol. The van der Waals surface area contributed by atoms with E-state index in [2.05, 4.69) is 10.3 Å². The number of hydrogen-bond acceptors (Lipinski definition) is 7. The number of β-lactam (4-membered cyclic amide) rings is 1. The van der Waals surface area contributed by atoms with Crippen molar-refractivity contribution in [2.75, 3.05) is 5.73 Å². The highest BCUT2D eigenvalue weighted by atomic mass is 16.5. The minimum absolute atomic E-state index is 0.338. The third kappa shape index (κ3) is 5.04. The van der Waals surface area contributed by atoms with Crippen molar-refractivity contribution in [3.8, 4) is 0 Å². The van der Waals surface area contributed by atoms with Gasteiger partial charge in [-0.15, -0.1) is 0 Å². The molecule has 1 amide bonds. The Morgan fingerprint density at radius 2 is 1.58 bits per heavy atom. The number of aromatic nitrogens is 1. The molecule has 8 heteroatoms. The smallest absolute Gasteiger partial charge is 0.231 e. The highest BCUT2D eigenvalue weighted by Crippen LogP contribution is 2.34. The van der Waals surface area contributed by atoms with Gasteiger partial charge in [0, 0.05) is 6.20 Å². The predicted octanol–water partition coefficient (Wildman–Crippen LogP) is 1.39. The Kier molecular flexibility index (Phi) is 7.00. The molecule has 2 aromatic carbocycles. The second kappa shape index (κ2) is 10.1. The number of aryl methyl sites for hydroxylation is 1. The van der Waals surface area contributed by atoms with Gasteiger partial charge in [0.15, 0.2) is 12.6 Å². The molecular formula is C25H28N4O4. The van der Waals surface area contributed by atoms with Gasteiger partial charge in [0.25, 0.3) is 0 Å². The third-order valence-electron chi connectivity index (χ3n) is 6.05. The maximum atomic E-state index is 12.9. The molecule has 0 radical (unpaired) electrons. The molecule has 172 valence electrons. The Hall–Kier alpha value is -3.30. The van der Waals surface area contributed by atoms with Gasteiger partial charge in [-0.3, -0.25) is 15.0 Å². The van der Waals surface area contributed by atoms with Crippen LogP contribution in [0.1, 0.15) is 29.2 Å². The second-order valence-corrected chi connectivity index (χ2v) is 8.18. The van der Waals surface area contributed by atoms with E-state index in [1.54, 1.807) is 12.3 Å². The Labute approximate surface area is 192 Å². The molecule has 0 bridgehead atoms. The van der Waals surface area contributed by atoms with Crippen molar-refractivity contribution in [2.45, 2.75) is 37.6 Å². The average Bonchev–Trinajstić information content (AvgIpc) is 2.82. The first-order valence-corrected chi connectivity index (χ1v) is 10.9. The fourth-order valence-corrected chi connectivity index (χ4v) is 4.40. The number of nitrogens with one attached hydrogen (secondary N) is 1. The number of pyridine rings is 1. The summed E-state index contributed by atoms with van der Waals surface area (Å²) in [5, 5.41) is 34.0. The maximum absolute atomic E-state index is 12.9. The number of nitrogens with zero attached hydrogens (tertiary/aromatic N) is 2. The van der Waals surface area contributed by atoms with Gasteiger partial charge in [-0.05, 0) is 41.7 Å². The van der Waals surface area contributed by atoms with Crippen LogP contribution in [-0.4, -0.2) is 49.8 Å². The van der Waals surface area contributed by atoms with Gasteiger partial charge in [0.1, 0.15) is 5.82 Å². The van der Waals surface area contributed by atoms with Crippen molar-refractivity contribution in [1.82, 2.24) is 15.2 Å². The summed E-state index contributed by atoms with van der Waals surface area (Å²) in [6.45, 7) is 0. The maximum Gasteiger partial charge on any atom is 0.231 e. The van der Waals surface area contributed by atoms with E-state index in [4.69, 9.17) is 5.73 Å². The summed E-state index contributed by atoms with van der Waals surface area (Å²) in [6.07, 6.45) is -0.658. The van der Waals surface area contributed by atoms with Gasteiger partial charge in [-0.25, -0.2) is 4.98 Å². The van der Waals surface area contributed by atoms with Crippen LogP contribution in [0.3, 0.4) is 0 Å². The molecule has 2 heterocycles. The molecule has 6 N–H and O–H groups in total. The predicted molar refractivity (Wildman–Crippen MR) is 123 cm³/mol. The normalized spacial score (nSPS) is 19.1. The van der Waals surface area contributed by atoms with Crippen LogP contribution < -0.4 is 11.1 Å². The molecule has 33 heavy (non-hydrogen) atoms. The van der Waals surface area contributed by atoms with E-state index in [1.807, 2.05) is 66.7 Å². The Morgan fingerprint density at radius 3 is 2.12 bits per heavy atom. The van der Waals surface area contributed by atoms with E-state index in [0.29, 0.717) is 18.7 Å². The standard InChI is InChI=1S/C25H28N4O4/c26-20-15-16(13-14-27-20)11-12-19-22(24(31)32)29(23(19)30)25(33)28-21(17-7-3-1-4-8-17)18-9-5-2-6-10-18/h1-10,13-15,19,21-22,24-25,28,31-33H,11-12H2,(H2,26,27)/t19-,22?,25?/m1/s1. The zero-order valence-corrected chi connectivity index (χ0v) is 18.0. The fourth-order valence-electron chi connectivity index (χ4n) is 4.40. The van der Waals surface area contributed by atoms with Gasteiger partial charge >= 0.3 is 0 Å². The van der Waals surface area contributed by atoms with Crippen LogP contribution in [0.25, 0.3) is 0 Å². The number of rotatable bonds is 9. The number of hydrogen-bond donors (Lipinski definition) is 5. The Balaban J connectivity index is 1.49. The van der Waals surface area contributed by atoms with E-state index in [9.17, 15) is 20.1 Å². The van der Waals surface area contributed by atoms with Gasteiger partial charge in [0.2, 0.25) is 5.91 Å². The topological polar surface area (TPSA) is 132 Å². The Bertz CT molecular complexity index is 1020. The number of carbonyl (C=O) groups excluding carboxylic acids is 1. The summed E-state index contributed by atoms with van der Waals surface area (Å²) in [6, 6.07) is 21.3. The lowest BCUT2D eigenvalue weighted by atomic mass is 9.82. The van der Waals surface area contributed by atoms with E-state index in [-0.39, 0.29) is 5.91 Å². The first-order chi connectivity index (χ1) is 16.0. The van der Waals surface area contributed by atoms with Gasteiger partial charge in [-0.1, -0.05) is 60.7 Å². The van der Waals surface area contributed by atoms with Crippen molar-refractivity contribution < 1.29 is 20.1 Å². The summed E-state index contributed by atoms with van der Waals surface area (Å²) in [5.74, 6) is -0.571. The first-order valence-electron chi connectivity index (χ1n) is 10.9. The lowest BCUT2D eigenvalue weighted by molar-refractivity contribution is -0.216. The van der Waals surface area contributed by atoms with Crippen LogP contribution >= 0.6 is 0 Å². The summed E-state index contributed by atoms with van der Waals surface area (Å²) in [5.41, 5.74) is 8.43. The third-order valence-corrected chi connectivity index (χ3v) is 6.05. The molecule has 0 saturated carbocycles. The zero-order valence-electron chi connectivity index (χ0n) is 18.0. The van der Waals surface area contributed by atoms with Crippen LogP contribution in [-0.2, 0) is 11.2 Å². The Morgan fingerprint density at radius 1 is 0.970 bits per heavy atom. The number of nitrogen functional groups attached to an aromatic ring is 1. The molecule has 1 aliphatic heterocycles. The second-order valence-electron chi connectivity index (χ2n) is 8.18. The SMILES string of the molecule is Nc1cc(CC[C@H]2C(=O)N(C(O)NC(c3ccccc3)c3ccccc3)C2C(O)O)ccn1. The molecule has 1 aromatic heterocycles. The van der Waals surface area contributed by atoms with Crippen molar-refractivity contribution in [3.63, 3.8) is 0 Å². The highest BCUT2D eigenvalue weighted by molar-refractivity contribution is 5.86. The molecule has 2 unspecified atom stereocenters. The molecule has 1 fully saturated rings. The summed E-state index contributed by atoms with van der Waals surface area (Å²) in [4.78, 5) is 18.0. The zero-order chi connectivity index (χ0) is 23.4. The van der Waals surface area contributed by atoms with E-state index in [0.717, 1.165) is 21.6 Å². The number of aliphatic hydroxyl groups excluding tert-OH is 2. The van der Waals surface area contributed by atoms with E-state index >= 15 is 0 Å². The molecule has 1 saturated heterocycles. The molecule has 8 nitrogen and oxygen atoms in total. The molecule has 3 atom stereocenters. The quantitative estimate of drug-likeness (QED) is 0.247. The van der Waals surface area contributed by atoms with E-state index in [1.165, 1.54) is 0 Å². The number of carbonyl (C=O) groups is 1. The van der Waals surface area contributed by atoms with Crippen LogP contribution in [0.2, 0.25) is 0 Å². The molecule has 1 aliphatic rings. The van der Waals surface area contributed by atoms with Crippen molar-refractivity contribution in [3.05, 3.63) is 95.7 Å². The molecule has 3 aromatic rings. The number of nitrogens with two attached hydrogens (primary N) is 1. The van der Waals surface area contributed by atoms with Crippen molar-refractivity contribution in [1.29, 1.82) is 0 Å². The number of benzene rings is 2. The van der Waals surface area contributed by atoms with Gasteiger partial charge < -0.3 is 21.1 Å². The number of aliphatic hydroxyl groups is 3. The largest absolute Gasteiger partial charge is 0.384 e. The highest BCUT2D eigenvalue weighted by Gasteiger charge is 2.53. The van der Waals surface area contributed by atoms with Crippen LogP contribution in [0, 0.1) is 5.92 Å². The van der Waals surface area contributed by atoms with Crippen LogP contribution in [0.5, 0.6) is 0 Å². The molecule has 0 spiro atoms. The molecular weight excluding hydrogens is 420 g/mol. The van der Waals surface area contributed by atoms with E-state index < -0.39 is 30.6 Å². The van der Waals surface area contributed by atoms with Crippen molar-refractivity contribution >= 4 is 11.7 Å². The fraction of sp³-hybridized carbons (Fsp3) is 0.280. The lowest BCUT2D eigenvalue weighted by Gasteiger charge is -2.50. The van der Waals surface area contributed by atoms with Crippen LogP contribution in [0.4, 0.5) is 5.82 Å². The molecule has 0 aliphatic carbocycles. The number of anilines is 1. The summed E-state index contributed by atoms with van der Waals surface area (Å²) >= 11 is 0. The molecule has 4 rings (SSSR count). The minimum Gasteiger partial charge on any atom is -0.384 e. The lowest BCUT2D eigenvalue weighted by Crippen LogP contribution is -2.71. The average molecular weight is 449 g/mol. The summed E-state index contributed by atoms with van der Waals surface area (Å²) in [7, 11) is 0. The summed E-state index contributed by atoms with van der Waals surface area (Å²) < 4.78 is 0. The van der Waals surface area contributed by atoms with Gasteiger partial charge in [0.05, 0.1) is 18.0 Å².